The number of hydrogen-bond acceptors (Lipinski definition) is 3. The van der Waals surface area contributed by atoms with Crippen molar-refractivity contribution < 1.29 is 14.6 Å². The number of nitrogens with zero attached hydrogens (tertiary/aromatic N) is 1. The molecule has 0 saturated heterocycles. The molecule has 1 N–H and O–H groups in total. The molecule has 0 spiro atoms. The molecule has 0 heterocycles. The number of carboxylic acids is 1. The Balaban J connectivity index is 2.33. The third kappa shape index (κ3) is 5.68. The normalized spacial score (nSPS) is 10.6. The van der Waals surface area contributed by atoms with Gasteiger partial charge in [-0.15, -0.1) is 0 Å². The Bertz CT molecular complexity index is 362. The van der Waals surface area contributed by atoms with Gasteiger partial charge in [0.25, 0.3) is 0 Å². The van der Waals surface area contributed by atoms with Crippen LogP contribution < -0.4 is 4.74 Å². The fraction of sp³-hybridized carbons (Fsp3) is 0.500. The molecule has 18 heavy (non-hydrogen) atoms. The molecule has 4 nitrogen and oxygen atoms in total. The third-order valence-electron chi connectivity index (χ3n) is 2.60. The van der Waals surface area contributed by atoms with E-state index < -0.39 is 5.97 Å². The van der Waals surface area contributed by atoms with Crippen molar-refractivity contribution in [3.05, 3.63) is 29.8 Å². The summed E-state index contributed by atoms with van der Waals surface area (Å²) < 4.78 is 5.58. The van der Waals surface area contributed by atoms with Crippen LogP contribution in [0, 0.1) is 6.92 Å². The highest BCUT2D eigenvalue weighted by atomic mass is 16.5. The predicted octanol–water partition coefficient (Wildman–Crippen LogP) is 2.17. The molecule has 1 aromatic carbocycles. The fourth-order valence-electron chi connectivity index (χ4n) is 1.70. The third-order valence-corrected chi connectivity index (χ3v) is 2.60. The van der Waals surface area contributed by atoms with Crippen LogP contribution in [0.1, 0.15) is 18.9 Å². The zero-order chi connectivity index (χ0) is 13.4. The SMILES string of the molecule is CCCN(CCOc1ccc(C)cc1)CC(=O)O. The Kier molecular flexibility index (Phi) is 6.22. The van der Waals surface area contributed by atoms with E-state index in [9.17, 15) is 4.79 Å². The number of hydrogen-bond donors (Lipinski definition) is 1. The molecule has 0 fully saturated rings. The first kappa shape index (κ1) is 14.5. The van der Waals surface area contributed by atoms with Gasteiger partial charge in [0.2, 0.25) is 0 Å². The second kappa shape index (κ2) is 7.71. The molecule has 0 aromatic heterocycles. The van der Waals surface area contributed by atoms with E-state index in [1.807, 2.05) is 43.0 Å². The van der Waals surface area contributed by atoms with Crippen molar-refractivity contribution in [3.63, 3.8) is 0 Å². The van der Waals surface area contributed by atoms with Crippen LogP contribution in [0.3, 0.4) is 0 Å². The van der Waals surface area contributed by atoms with Gasteiger partial charge in [0.05, 0.1) is 6.54 Å². The summed E-state index contributed by atoms with van der Waals surface area (Å²) in [6.45, 7) is 6.06. The van der Waals surface area contributed by atoms with Crippen LogP contribution in [0.4, 0.5) is 0 Å². The van der Waals surface area contributed by atoms with Crippen molar-refractivity contribution in [1.82, 2.24) is 4.90 Å². The molecule has 1 aromatic rings. The zero-order valence-electron chi connectivity index (χ0n) is 11.1. The van der Waals surface area contributed by atoms with Gasteiger partial charge in [-0.05, 0) is 32.0 Å². The lowest BCUT2D eigenvalue weighted by Gasteiger charge is -2.19. The summed E-state index contributed by atoms with van der Waals surface area (Å²) in [4.78, 5) is 12.6. The zero-order valence-corrected chi connectivity index (χ0v) is 11.1. The molecule has 4 heteroatoms. The molecule has 0 unspecified atom stereocenters. The first-order valence-corrected chi connectivity index (χ1v) is 6.25. The van der Waals surface area contributed by atoms with Gasteiger partial charge in [0.15, 0.2) is 0 Å². The second-order valence-corrected chi connectivity index (χ2v) is 4.33. The second-order valence-electron chi connectivity index (χ2n) is 4.33. The fourth-order valence-corrected chi connectivity index (χ4v) is 1.70. The first-order chi connectivity index (χ1) is 8.61. The Morgan fingerprint density at radius 1 is 1.28 bits per heavy atom. The number of aryl methyl sites for hydroxylation is 1. The molecular formula is C14H21NO3. The predicted molar refractivity (Wildman–Crippen MR) is 71.0 cm³/mol. The number of rotatable bonds is 8. The van der Waals surface area contributed by atoms with Gasteiger partial charge in [-0.2, -0.15) is 0 Å². The Labute approximate surface area is 108 Å². The van der Waals surface area contributed by atoms with E-state index in [1.165, 1.54) is 5.56 Å². The molecule has 100 valence electrons. The molecule has 0 radical (unpaired) electrons. The van der Waals surface area contributed by atoms with Gasteiger partial charge in [0.1, 0.15) is 12.4 Å². The average molecular weight is 251 g/mol. The van der Waals surface area contributed by atoms with Gasteiger partial charge in [-0.3, -0.25) is 9.69 Å². The molecular weight excluding hydrogens is 230 g/mol. The van der Waals surface area contributed by atoms with E-state index in [1.54, 1.807) is 0 Å². The van der Waals surface area contributed by atoms with Crippen LogP contribution in [0.5, 0.6) is 5.75 Å². The van der Waals surface area contributed by atoms with Crippen molar-refractivity contribution in [1.29, 1.82) is 0 Å². The van der Waals surface area contributed by atoms with Crippen LogP contribution in [0.2, 0.25) is 0 Å². The molecule has 0 amide bonds. The lowest BCUT2D eigenvalue weighted by Crippen LogP contribution is -2.34. The van der Waals surface area contributed by atoms with Crippen LogP contribution in [-0.2, 0) is 4.79 Å². The van der Waals surface area contributed by atoms with Gasteiger partial charge in [-0.25, -0.2) is 0 Å². The number of ether oxygens (including phenoxy) is 1. The first-order valence-electron chi connectivity index (χ1n) is 6.25. The maximum absolute atomic E-state index is 10.7. The Hall–Kier alpha value is -1.55. The number of aliphatic carboxylic acids is 1. The minimum Gasteiger partial charge on any atom is -0.492 e. The largest absolute Gasteiger partial charge is 0.492 e. The number of carbonyl (C=O) groups is 1. The van der Waals surface area contributed by atoms with E-state index in [0.29, 0.717) is 13.2 Å². The molecule has 0 saturated carbocycles. The molecule has 0 aliphatic rings. The van der Waals surface area contributed by atoms with Crippen molar-refractivity contribution >= 4 is 5.97 Å². The monoisotopic (exact) mass is 251 g/mol. The van der Waals surface area contributed by atoms with E-state index >= 15 is 0 Å². The Morgan fingerprint density at radius 2 is 1.94 bits per heavy atom. The summed E-state index contributed by atoms with van der Waals surface area (Å²) in [5.41, 5.74) is 1.20. The highest BCUT2D eigenvalue weighted by molar-refractivity contribution is 5.69. The average Bonchev–Trinajstić information content (AvgIpc) is 2.31. The van der Waals surface area contributed by atoms with Crippen molar-refractivity contribution in [2.45, 2.75) is 20.3 Å². The molecule has 1 rings (SSSR count). The summed E-state index contributed by atoms with van der Waals surface area (Å²) in [5.74, 6) is 0.0335. The van der Waals surface area contributed by atoms with Gasteiger partial charge < -0.3 is 9.84 Å². The van der Waals surface area contributed by atoms with Crippen molar-refractivity contribution in [3.8, 4) is 5.75 Å². The highest BCUT2D eigenvalue weighted by Crippen LogP contribution is 2.11. The summed E-state index contributed by atoms with van der Waals surface area (Å²) >= 11 is 0. The maximum Gasteiger partial charge on any atom is 0.317 e. The van der Waals surface area contributed by atoms with Crippen LogP contribution >= 0.6 is 0 Å². The topological polar surface area (TPSA) is 49.8 Å². The van der Waals surface area contributed by atoms with E-state index in [0.717, 1.165) is 18.7 Å². The summed E-state index contributed by atoms with van der Waals surface area (Å²) in [5, 5.41) is 8.77. The summed E-state index contributed by atoms with van der Waals surface area (Å²) in [6, 6.07) is 7.85. The minimum absolute atomic E-state index is 0.0745. The van der Waals surface area contributed by atoms with Crippen LogP contribution in [0.15, 0.2) is 24.3 Å². The lowest BCUT2D eigenvalue weighted by atomic mass is 10.2. The van der Waals surface area contributed by atoms with Crippen LogP contribution in [-0.4, -0.2) is 42.2 Å². The smallest absolute Gasteiger partial charge is 0.317 e. The quantitative estimate of drug-likeness (QED) is 0.769. The van der Waals surface area contributed by atoms with E-state index in [-0.39, 0.29) is 6.54 Å². The molecule has 0 atom stereocenters. The highest BCUT2D eigenvalue weighted by Gasteiger charge is 2.08. The van der Waals surface area contributed by atoms with E-state index in [4.69, 9.17) is 9.84 Å². The van der Waals surface area contributed by atoms with Gasteiger partial charge >= 0.3 is 5.97 Å². The van der Waals surface area contributed by atoms with Crippen molar-refractivity contribution in [2.24, 2.45) is 0 Å². The Morgan fingerprint density at radius 3 is 2.50 bits per heavy atom. The van der Waals surface area contributed by atoms with E-state index in [2.05, 4.69) is 0 Å². The minimum atomic E-state index is -0.793. The van der Waals surface area contributed by atoms with Crippen molar-refractivity contribution in [2.75, 3.05) is 26.2 Å². The van der Waals surface area contributed by atoms with Crippen LogP contribution in [0.25, 0.3) is 0 Å². The standard InChI is InChI=1S/C14H21NO3/c1-3-8-15(11-14(16)17)9-10-18-13-6-4-12(2)5-7-13/h4-7H,3,8-11H2,1-2H3,(H,16,17). The van der Waals surface area contributed by atoms with Gasteiger partial charge in [-0.1, -0.05) is 24.6 Å². The maximum atomic E-state index is 10.7. The summed E-state index contributed by atoms with van der Waals surface area (Å²) in [6.07, 6.45) is 0.942. The summed E-state index contributed by atoms with van der Waals surface area (Å²) in [7, 11) is 0. The molecule has 0 aliphatic carbocycles. The molecule has 0 bridgehead atoms. The lowest BCUT2D eigenvalue weighted by molar-refractivity contribution is -0.138. The van der Waals surface area contributed by atoms with Gasteiger partial charge in [0, 0.05) is 6.54 Å². The number of benzene rings is 1. The molecule has 0 aliphatic heterocycles. The number of carboxylic acid groups (broad SMARTS) is 1.